The number of rotatable bonds is 7. The number of hydrogen-bond acceptors (Lipinski definition) is 5. The third-order valence-electron chi connectivity index (χ3n) is 5.59. The first kappa shape index (κ1) is 21.5. The summed E-state index contributed by atoms with van der Waals surface area (Å²) in [5.41, 5.74) is 2.15. The summed E-state index contributed by atoms with van der Waals surface area (Å²) in [6.07, 6.45) is 3.33. The Morgan fingerprint density at radius 1 is 1.19 bits per heavy atom. The molecule has 9 heteroatoms. The van der Waals surface area contributed by atoms with Crippen LogP contribution in [0.1, 0.15) is 40.4 Å². The van der Waals surface area contributed by atoms with E-state index in [1.807, 2.05) is 13.0 Å². The minimum Gasteiger partial charge on any atom is -0.345 e. The van der Waals surface area contributed by atoms with E-state index < -0.39 is 17.9 Å². The first-order chi connectivity index (χ1) is 15.3. The Morgan fingerprint density at radius 2 is 1.94 bits per heavy atom. The maximum absolute atomic E-state index is 13.0. The van der Waals surface area contributed by atoms with Crippen LogP contribution >= 0.6 is 0 Å². The first-order valence-corrected chi connectivity index (χ1v) is 10.5. The maximum atomic E-state index is 13.0. The molecule has 1 aromatic carbocycles. The van der Waals surface area contributed by atoms with E-state index >= 15 is 0 Å². The van der Waals surface area contributed by atoms with Gasteiger partial charge < -0.3 is 20.4 Å². The molecule has 2 aliphatic rings. The number of nitrogens with one attached hydrogen (secondary N) is 2. The summed E-state index contributed by atoms with van der Waals surface area (Å²) in [5, 5.41) is 5.29. The smallest absolute Gasteiger partial charge is 0.255 e. The molecule has 0 saturated heterocycles. The molecule has 1 saturated carbocycles. The van der Waals surface area contributed by atoms with Gasteiger partial charge in [0.25, 0.3) is 5.91 Å². The molecule has 2 heterocycles. The Morgan fingerprint density at radius 3 is 2.66 bits per heavy atom. The fourth-order valence-electron chi connectivity index (χ4n) is 3.82. The molecular weight excluding hydrogens is 410 g/mol. The third kappa shape index (κ3) is 4.46. The summed E-state index contributed by atoms with van der Waals surface area (Å²) < 4.78 is 0. The van der Waals surface area contributed by atoms with Crippen LogP contribution in [0.3, 0.4) is 0 Å². The molecule has 32 heavy (non-hydrogen) atoms. The van der Waals surface area contributed by atoms with E-state index in [9.17, 15) is 19.2 Å². The number of pyridine rings is 1. The van der Waals surface area contributed by atoms with E-state index in [0.29, 0.717) is 16.9 Å². The standard InChI is InChI=1S/C23H25N5O4/c1-14-9-10-24-18(11-14)26-19(29)13-27(2)20(30)12-25-22(31)21-16-5-3-4-6-17(16)23(32)28(21)15-7-8-15/h3-6,9-11,15,21H,7-8,12-13H2,1-2H3,(H,25,31)(H,24,26,29). The van der Waals surface area contributed by atoms with Crippen molar-refractivity contribution in [2.75, 3.05) is 25.5 Å². The average Bonchev–Trinajstić information content (AvgIpc) is 3.55. The number of carbonyl (C=O) groups excluding carboxylic acids is 4. The first-order valence-electron chi connectivity index (χ1n) is 10.5. The summed E-state index contributed by atoms with van der Waals surface area (Å²) >= 11 is 0. The highest BCUT2D eigenvalue weighted by Crippen LogP contribution is 2.41. The van der Waals surface area contributed by atoms with Crippen molar-refractivity contribution in [2.45, 2.75) is 31.8 Å². The molecule has 1 aliphatic heterocycles. The lowest BCUT2D eigenvalue weighted by Crippen LogP contribution is -2.45. The SMILES string of the molecule is Cc1ccnc(NC(=O)CN(C)C(=O)CNC(=O)C2c3ccccc3C(=O)N2C2CC2)c1. The van der Waals surface area contributed by atoms with Crippen LogP contribution in [0.25, 0.3) is 0 Å². The Labute approximate surface area is 185 Å². The molecule has 1 fully saturated rings. The maximum Gasteiger partial charge on any atom is 0.255 e. The van der Waals surface area contributed by atoms with E-state index in [4.69, 9.17) is 0 Å². The summed E-state index contributed by atoms with van der Waals surface area (Å²) in [4.78, 5) is 57.3. The molecule has 0 radical (unpaired) electrons. The van der Waals surface area contributed by atoms with Gasteiger partial charge in [-0.2, -0.15) is 0 Å². The Hall–Kier alpha value is -3.75. The van der Waals surface area contributed by atoms with Crippen LogP contribution < -0.4 is 10.6 Å². The van der Waals surface area contributed by atoms with Gasteiger partial charge in [-0.3, -0.25) is 19.2 Å². The second-order valence-electron chi connectivity index (χ2n) is 8.17. The molecule has 1 atom stereocenters. The number of nitrogens with zero attached hydrogens (tertiary/aromatic N) is 3. The van der Waals surface area contributed by atoms with Crippen molar-refractivity contribution in [3.05, 3.63) is 59.3 Å². The van der Waals surface area contributed by atoms with E-state index in [-0.39, 0.29) is 30.9 Å². The molecule has 4 amide bonds. The molecule has 1 unspecified atom stereocenters. The number of anilines is 1. The molecule has 166 valence electrons. The minimum absolute atomic E-state index is 0.0583. The van der Waals surface area contributed by atoms with Crippen LogP contribution in [0.4, 0.5) is 5.82 Å². The largest absolute Gasteiger partial charge is 0.345 e. The van der Waals surface area contributed by atoms with E-state index in [0.717, 1.165) is 18.4 Å². The lowest BCUT2D eigenvalue weighted by atomic mass is 10.0. The zero-order valence-corrected chi connectivity index (χ0v) is 18.0. The molecule has 1 aliphatic carbocycles. The summed E-state index contributed by atoms with van der Waals surface area (Å²) in [6, 6.07) is 9.93. The number of aryl methyl sites for hydroxylation is 1. The number of hydrogen-bond donors (Lipinski definition) is 2. The number of fused-ring (bicyclic) bond motifs is 1. The van der Waals surface area contributed by atoms with Crippen LogP contribution in [0.2, 0.25) is 0 Å². The zero-order valence-electron chi connectivity index (χ0n) is 18.0. The van der Waals surface area contributed by atoms with Crippen LogP contribution in [-0.4, -0.2) is 64.6 Å². The Bertz CT molecular complexity index is 1080. The van der Waals surface area contributed by atoms with Crippen molar-refractivity contribution in [1.82, 2.24) is 20.1 Å². The number of amides is 4. The second-order valence-corrected chi connectivity index (χ2v) is 8.17. The normalized spacial score (nSPS) is 17.0. The van der Waals surface area contributed by atoms with Crippen molar-refractivity contribution in [1.29, 1.82) is 0 Å². The third-order valence-corrected chi connectivity index (χ3v) is 5.59. The molecule has 4 rings (SSSR count). The minimum atomic E-state index is -0.736. The van der Waals surface area contributed by atoms with Gasteiger partial charge in [0.1, 0.15) is 11.9 Å². The van der Waals surface area contributed by atoms with Gasteiger partial charge in [-0.15, -0.1) is 0 Å². The molecular formula is C23H25N5O4. The van der Waals surface area contributed by atoms with E-state index in [1.54, 1.807) is 41.4 Å². The highest BCUT2D eigenvalue weighted by atomic mass is 16.2. The second kappa shape index (κ2) is 8.78. The van der Waals surface area contributed by atoms with Gasteiger partial charge in [-0.05, 0) is 49.1 Å². The Kier molecular flexibility index (Phi) is 5.89. The van der Waals surface area contributed by atoms with Gasteiger partial charge in [0.2, 0.25) is 17.7 Å². The number of benzene rings is 1. The number of aromatic nitrogens is 1. The molecule has 0 spiro atoms. The topological polar surface area (TPSA) is 112 Å². The van der Waals surface area contributed by atoms with Crippen molar-refractivity contribution in [3.8, 4) is 0 Å². The van der Waals surface area contributed by atoms with Crippen molar-refractivity contribution >= 4 is 29.4 Å². The lowest BCUT2D eigenvalue weighted by molar-refractivity contribution is -0.135. The fourth-order valence-corrected chi connectivity index (χ4v) is 3.82. The Balaban J connectivity index is 1.33. The van der Waals surface area contributed by atoms with Crippen LogP contribution in [-0.2, 0) is 14.4 Å². The highest BCUT2D eigenvalue weighted by molar-refractivity contribution is 6.05. The van der Waals surface area contributed by atoms with E-state index in [2.05, 4.69) is 15.6 Å². The molecule has 9 nitrogen and oxygen atoms in total. The van der Waals surface area contributed by atoms with Crippen LogP contribution in [0.15, 0.2) is 42.6 Å². The van der Waals surface area contributed by atoms with Gasteiger partial charge >= 0.3 is 0 Å². The quantitative estimate of drug-likeness (QED) is 0.680. The molecule has 1 aromatic heterocycles. The van der Waals surface area contributed by atoms with Gasteiger partial charge in [-0.1, -0.05) is 18.2 Å². The molecule has 2 aromatic rings. The van der Waals surface area contributed by atoms with Crippen LogP contribution in [0.5, 0.6) is 0 Å². The predicted octanol–water partition coefficient (Wildman–Crippen LogP) is 1.26. The van der Waals surface area contributed by atoms with Crippen molar-refractivity contribution < 1.29 is 19.2 Å². The monoisotopic (exact) mass is 435 g/mol. The summed E-state index contributed by atoms with van der Waals surface area (Å²) in [5.74, 6) is -0.936. The van der Waals surface area contributed by atoms with Gasteiger partial charge in [-0.25, -0.2) is 4.98 Å². The fraction of sp³-hybridized carbons (Fsp3) is 0.348. The predicted molar refractivity (Wildman–Crippen MR) is 117 cm³/mol. The molecule has 2 N–H and O–H groups in total. The van der Waals surface area contributed by atoms with E-state index in [1.165, 1.54) is 11.9 Å². The summed E-state index contributed by atoms with van der Waals surface area (Å²) in [6.45, 7) is 1.44. The van der Waals surface area contributed by atoms with Gasteiger partial charge in [0.05, 0.1) is 13.1 Å². The number of carbonyl (C=O) groups is 4. The average molecular weight is 435 g/mol. The van der Waals surface area contributed by atoms with Crippen LogP contribution in [0, 0.1) is 6.92 Å². The molecule has 0 bridgehead atoms. The lowest BCUT2D eigenvalue weighted by Gasteiger charge is -2.25. The number of likely N-dealkylation sites (N-methyl/N-ethyl adjacent to an activating group) is 1. The van der Waals surface area contributed by atoms with Crippen molar-refractivity contribution in [3.63, 3.8) is 0 Å². The van der Waals surface area contributed by atoms with Gasteiger partial charge in [0, 0.05) is 24.8 Å². The highest BCUT2D eigenvalue weighted by Gasteiger charge is 2.47. The van der Waals surface area contributed by atoms with Gasteiger partial charge in [0.15, 0.2) is 0 Å². The zero-order chi connectivity index (χ0) is 22.8. The summed E-state index contributed by atoms with van der Waals surface area (Å²) in [7, 11) is 1.49. The van der Waals surface area contributed by atoms with Crippen molar-refractivity contribution in [2.24, 2.45) is 0 Å².